The topological polar surface area (TPSA) is 39.4 Å². The molecule has 3 aromatic rings. The van der Waals surface area contributed by atoms with Gasteiger partial charge in [0.25, 0.3) is 0 Å². The van der Waals surface area contributed by atoms with Crippen molar-refractivity contribution in [3.63, 3.8) is 0 Å². The fraction of sp³-hybridized carbons (Fsp3) is 0.0714. The lowest BCUT2D eigenvalue weighted by molar-refractivity contribution is 0.415. The van der Waals surface area contributed by atoms with Gasteiger partial charge in [-0.15, -0.1) is 0 Å². The molecule has 0 N–H and O–H groups in total. The predicted molar refractivity (Wildman–Crippen MR) is 76.6 cm³/mol. The van der Waals surface area contributed by atoms with Crippen molar-refractivity contribution in [2.75, 3.05) is 7.11 Å². The summed E-state index contributed by atoms with van der Waals surface area (Å²) >= 11 is 12.2. The van der Waals surface area contributed by atoms with Crippen LogP contribution in [0, 0.1) is 0 Å². The molecule has 0 atom stereocenters. The second-order valence-electron chi connectivity index (χ2n) is 4.01. The quantitative estimate of drug-likeness (QED) is 0.630. The van der Waals surface area contributed by atoms with Crippen LogP contribution in [0.25, 0.3) is 21.9 Å². The molecule has 0 amide bonds. The van der Waals surface area contributed by atoms with E-state index >= 15 is 0 Å². The van der Waals surface area contributed by atoms with Crippen LogP contribution in [0.3, 0.4) is 0 Å². The van der Waals surface area contributed by atoms with Crippen molar-refractivity contribution in [1.29, 1.82) is 0 Å². The highest BCUT2D eigenvalue weighted by Crippen LogP contribution is 2.37. The van der Waals surface area contributed by atoms with E-state index in [0.717, 1.165) is 0 Å². The molecule has 3 rings (SSSR count). The maximum Gasteiger partial charge on any atom is 0.202 e. The zero-order chi connectivity index (χ0) is 13.6. The Hall–Kier alpha value is -1.71. The lowest BCUT2D eigenvalue weighted by Gasteiger charge is -2.08. The molecule has 3 nitrogen and oxygen atoms in total. The summed E-state index contributed by atoms with van der Waals surface area (Å²) in [6.45, 7) is 0. The third kappa shape index (κ3) is 1.78. The van der Waals surface area contributed by atoms with Gasteiger partial charge in [0.15, 0.2) is 0 Å². The maximum atomic E-state index is 12.4. The fourth-order valence-corrected chi connectivity index (χ4v) is 2.52. The third-order valence-electron chi connectivity index (χ3n) is 2.94. The maximum absolute atomic E-state index is 12.4. The summed E-state index contributed by atoms with van der Waals surface area (Å²) in [4.78, 5) is 12.4. The van der Waals surface area contributed by atoms with E-state index in [1.54, 1.807) is 30.3 Å². The predicted octanol–water partition coefficient (Wildman–Crippen LogP) is 4.26. The van der Waals surface area contributed by atoms with Crippen LogP contribution in [0.2, 0.25) is 10.0 Å². The Morgan fingerprint density at radius 2 is 1.84 bits per heavy atom. The van der Waals surface area contributed by atoms with Crippen molar-refractivity contribution < 1.29 is 9.15 Å². The van der Waals surface area contributed by atoms with Crippen LogP contribution in [-0.4, -0.2) is 7.11 Å². The van der Waals surface area contributed by atoms with Gasteiger partial charge >= 0.3 is 0 Å². The van der Waals surface area contributed by atoms with Crippen LogP contribution < -0.4 is 10.2 Å². The number of rotatable bonds is 1. The van der Waals surface area contributed by atoms with E-state index in [0.29, 0.717) is 22.3 Å². The SMILES string of the molecule is COc1cc2oc3ccccc3c(=O)c2c(Cl)c1Cl. The second kappa shape index (κ2) is 4.44. The highest BCUT2D eigenvalue weighted by Gasteiger charge is 2.16. The lowest BCUT2D eigenvalue weighted by atomic mass is 10.1. The number of fused-ring (bicyclic) bond motifs is 2. The van der Waals surface area contributed by atoms with Gasteiger partial charge in [0.05, 0.1) is 22.9 Å². The zero-order valence-corrected chi connectivity index (χ0v) is 11.4. The summed E-state index contributed by atoms with van der Waals surface area (Å²) in [5.74, 6) is 0.373. The first-order valence-corrected chi connectivity index (χ1v) is 6.26. The van der Waals surface area contributed by atoms with Crippen LogP contribution in [0.15, 0.2) is 39.5 Å². The normalized spacial score (nSPS) is 11.1. The van der Waals surface area contributed by atoms with E-state index in [1.807, 2.05) is 0 Å². The Labute approximate surface area is 118 Å². The molecule has 96 valence electrons. The molecule has 0 saturated carbocycles. The Bertz CT molecular complexity index is 853. The summed E-state index contributed by atoms with van der Waals surface area (Å²) in [5.41, 5.74) is 0.654. The molecule has 0 aliphatic carbocycles. The van der Waals surface area contributed by atoms with E-state index in [2.05, 4.69) is 0 Å². The molecule has 2 aromatic carbocycles. The van der Waals surface area contributed by atoms with E-state index in [4.69, 9.17) is 32.4 Å². The molecule has 19 heavy (non-hydrogen) atoms. The highest BCUT2D eigenvalue weighted by atomic mass is 35.5. The summed E-state index contributed by atoms with van der Waals surface area (Å²) in [6, 6.07) is 8.55. The van der Waals surface area contributed by atoms with Crippen LogP contribution in [0.1, 0.15) is 0 Å². The van der Waals surface area contributed by atoms with Gasteiger partial charge in [-0.25, -0.2) is 0 Å². The van der Waals surface area contributed by atoms with E-state index in [-0.39, 0.29) is 20.9 Å². The van der Waals surface area contributed by atoms with Crippen molar-refractivity contribution in [3.8, 4) is 5.75 Å². The van der Waals surface area contributed by atoms with Crippen LogP contribution >= 0.6 is 23.2 Å². The first-order chi connectivity index (χ1) is 9.13. The minimum absolute atomic E-state index is 0.149. The van der Waals surface area contributed by atoms with Gasteiger partial charge in [-0.05, 0) is 12.1 Å². The van der Waals surface area contributed by atoms with Gasteiger partial charge < -0.3 is 9.15 Å². The first-order valence-electron chi connectivity index (χ1n) is 5.51. The molecule has 1 heterocycles. The van der Waals surface area contributed by atoms with Crippen LogP contribution in [-0.2, 0) is 0 Å². The fourth-order valence-electron chi connectivity index (χ4n) is 2.02. The van der Waals surface area contributed by atoms with Gasteiger partial charge in [0, 0.05) is 6.07 Å². The molecule has 0 aliphatic rings. The van der Waals surface area contributed by atoms with Crippen molar-refractivity contribution in [1.82, 2.24) is 0 Å². The summed E-state index contributed by atoms with van der Waals surface area (Å²) in [6.07, 6.45) is 0. The van der Waals surface area contributed by atoms with Crippen molar-refractivity contribution in [3.05, 3.63) is 50.6 Å². The number of hydrogen-bond acceptors (Lipinski definition) is 3. The average Bonchev–Trinajstić information content (AvgIpc) is 2.42. The summed E-state index contributed by atoms with van der Waals surface area (Å²) in [7, 11) is 1.47. The smallest absolute Gasteiger partial charge is 0.202 e. The third-order valence-corrected chi connectivity index (χ3v) is 3.79. The Morgan fingerprint density at radius 1 is 1.11 bits per heavy atom. The van der Waals surface area contributed by atoms with Crippen molar-refractivity contribution in [2.24, 2.45) is 0 Å². The van der Waals surface area contributed by atoms with E-state index < -0.39 is 0 Å². The number of benzene rings is 2. The molecule has 1 aromatic heterocycles. The minimum Gasteiger partial charge on any atom is -0.495 e. The molecule has 0 saturated heterocycles. The Morgan fingerprint density at radius 3 is 2.58 bits per heavy atom. The monoisotopic (exact) mass is 294 g/mol. The molecular weight excluding hydrogens is 287 g/mol. The van der Waals surface area contributed by atoms with Crippen LogP contribution in [0.5, 0.6) is 5.75 Å². The molecular formula is C14H8Cl2O3. The number of halogens is 2. The number of methoxy groups -OCH3 is 1. The number of hydrogen-bond donors (Lipinski definition) is 0. The van der Waals surface area contributed by atoms with Gasteiger partial charge in [-0.2, -0.15) is 0 Å². The Balaban J connectivity index is 2.59. The minimum atomic E-state index is -0.202. The zero-order valence-electron chi connectivity index (χ0n) is 9.87. The number of ether oxygens (including phenoxy) is 1. The highest BCUT2D eigenvalue weighted by molar-refractivity contribution is 6.46. The summed E-state index contributed by atoms with van der Waals surface area (Å²) < 4.78 is 10.8. The van der Waals surface area contributed by atoms with E-state index in [1.165, 1.54) is 7.11 Å². The first kappa shape index (κ1) is 12.3. The largest absolute Gasteiger partial charge is 0.495 e. The lowest BCUT2D eigenvalue weighted by Crippen LogP contribution is -2.03. The molecule has 0 spiro atoms. The van der Waals surface area contributed by atoms with Gasteiger partial charge in [-0.1, -0.05) is 35.3 Å². The molecule has 0 unspecified atom stereocenters. The molecule has 5 heteroatoms. The molecule has 0 aliphatic heterocycles. The molecule has 0 radical (unpaired) electrons. The number of para-hydroxylation sites is 1. The van der Waals surface area contributed by atoms with Crippen LogP contribution in [0.4, 0.5) is 0 Å². The van der Waals surface area contributed by atoms with Gasteiger partial charge in [0.1, 0.15) is 21.9 Å². The van der Waals surface area contributed by atoms with E-state index in [9.17, 15) is 4.79 Å². The van der Waals surface area contributed by atoms with Crippen molar-refractivity contribution in [2.45, 2.75) is 0 Å². The molecule has 0 bridgehead atoms. The standard InChI is InChI=1S/C14H8Cl2O3/c1-18-10-6-9-11(13(16)12(10)15)14(17)7-4-2-3-5-8(7)19-9/h2-6H,1H3. The Kier molecular flexibility index (Phi) is 2.88. The van der Waals surface area contributed by atoms with Gasteiger partial charge in [0.2, 0.25) is 5.43 Å². The second-order valence-corrected chi connectivity index (χ2v) is 4.76. The molecule has 0 fully saturated rings. The van der Waals surface area contributed by atoms with Gasteiger partial charge in [-0.3, -0.25) is 4.79 Å². The average molecular weight is 295 g/mol. The summed E-state index contributed by atoms with van der Waals surface area (Å²) in [5, 5.41) is 1.10. The van der Waals surface area contributed by atoms with Crippen molar-refractivity contribution >= 4 is 45.1 Å².